The monoisotopic (exact) mass is 306 g/mol. The summed E-state index contributed by atoms with van der Waals surface area (Å²) in [7, 11) is -1.86. The third-order valence-corrected chi connectivity index (χ3v) is 4.21. The molecule has 0 fully saturated rings. The van der Waals surface area contributed by atoms with Crippen LogP contribution in [0.2, 0.25) is 0 Å². The molecular weight excluding hydrogens is 288 g/mol. The SMILES string of the molecule is CN(CCc1ccncc1)c1ccc(S(N)(=O)=O)c(N)c1. The highest BCUT2D eigenvalue weighted by atomic mass is 32.2. The van der Waals surface area contributed by atoms with Crippen LogP contribution in [0.15, 0.2) is 47.6 Å². The molecule has 112 valence electrons. The predicted octanol–water partition coefficient (Wildman–Crippen LogP) is 0.990. The Morgan fingerprint density at radius 2 is 1.86 bits per heavy atom. The second kappa shape index (κ2) is 6.11. The molecule has 0 saturated heterocycles. The molecule has 0 amide bonds. The fourth-order valence-electron chi connectivity index (χ4n) is 2.01. The molecule has 1 heterocycles. The lowest BCUT2D eigenvalue weighted by Crippen LogP contribution is -2.21. The zero-order chi connectivity index (χ0) is 15.5. The average molecular weight is 306 g/mol. The van der Waals surface area contributed by atoms with Gasteiger partial charge in [0.05, 0.1) is 5.69 Å². The van der Waals surface area contributed by atoms with Gasteiger partial charge in [0, 0.05) is 31.7 Å². The number of sulfonamides is 1. The highest BCUT2D eigenvalue weighted by Gasteiger charge is 2.13. The van der Waals surface area contributed by atoms with E-state index in [-0.39, 0.29) is 10.6 Å². The molecule has 21 heavy (non-hydrogen) atoms. The van der Waals surface area contributed by atoms with E-state index in [0.717, 1.165) is 18.7 Å². The van der Waals surface area contributed by atoms with Crippen molar-refractivity contribution in [1.29, 1.82) is 0 Å². The van der Waals surface area contributed by atoms with E-state index < -0.39 is 10.0 Å². The lowest BCUT2D eigenvalue weighted by atomic mass is 10.2. The van der Waals surface area contributed by atoms with Crippen molar-refractivity contribution >= 4 is 21.4 Å². The summed E-state index contributed by atoms with van der Waals surface area (Å²) in [6, 6.07) is 8.68. The standard InChI is InChI=1S/C14H18N4O2S/c1-18(9-6-11-4-7-17-8-5-11)12-2-3-14(13(15)10-12)21(16,19)20/h2-5,7-8,10H,6,9,15H2,1H3,(H2,16,19,20). The third-order valence-electron chi connectivity index (χ3n) is 3.23. The molecule has 7 heteroatoms. The number of anilines is 2. The van der Waals surface area contributed by atoms with Crippen LogP contribution in [0.25, 0.3) is 0 Å². The number of nitrogens with two attached hydrogens (primary N) is 2. The highest BCUT2D eigenvalue weighted by Crippen LogP contribution is 2.23. The first-order chi connectivity index (χ1) is 9.88. The summed E-state index contributed by atoms with van der Waals surface area (Å²) in [5, 5.41) is 5.09. The van der Waals surface area contributed by atoms with Crippen molar-refractivity contribution < 1.29 is 8.42 Å². The Morgan fingerprint density at radius 3 is 2.43 bits per heavy atom. The van der Waals surface area contributed by atoms with E-state index in [2.05, 4.69) is 4.98 Å². The van der Waals surface area contributed by atoms with Gasteiger partial charge in [0.25, 0.3) is 0 Å². The number of aromatic nitrogens is 1. The van der Waals surface area contributed by atoms with E-state index in [1.54, 1.807) is 24.5 Å². The van der Waals surface area contributed by atoms with Crippen LogP contribution in [0.5, 0.6) is 0 Å². The van der Waals surface area contributed by atoms with Gasteiger partial charge < -0.3 is 10.6 Å². The Hall–Kier alpha value is -2.12. The number of primary sulfonamides is 1. The molecule has 2 aromatic rings. The molecule has 0 unspecified atom stereocenters. The van der Waals surface area contributed by atoms with Crippen molar-refractivity contribution in [2.24, 2.45) is 5.14 Å². The van der Waals surface area contributed by atoms with Gasteiger partial charge in [0.2, 0.25) is 10.0 Å². The van der Waals surface area contributed by atoms with Gasteiger partial charge in [0.1, 0.15) is 4.90 Å². The predicted molar refractivity (Wildman–Crippen MR) is 83.4 cm³/mol. The van der Waals surface area contributed by atoms with Gasteiger partial charge in [-0.05, 0) is 42.3 Å². The zero-order valence-corrected chi connectivity index (χ0v) is 12.5. The number of rotatable bonds is 5. The quantitative estimate of drug-likeness (QED) is 0.802. The summed E-state index contributed by atoms with van der Waals surface area (Å²) in [5.74, 6) is 0. The number of hydrogen-bond acceptors (Lipinski definition) is 5. The van der Waals surface area contributed by atoms with Gasteiger partial charge in [-0.2, -0.15) is 0 Å². The first-order valence-corrected chi connectivity index (χ1v) is 7.95. The Morgan fingerprint density at radius 1 is 1.19 bits per heavy atom. The third kappa shape index (κ3) is 3.93. The van der Waals surface area contributed by atoms with Crippen LogP contribution < -0.4 is 15.8 Å². The Labute approximate surface area is 124 Å². The van der Waals surface area contributed by atoms with Crippen molar-refractivity contribution in [3.63, 3.8) is 0 Å². The minimum atomic E-state index is -3.78. The van der Waals surface area contributed by atoms with Crippen LogP contribution in [0.4, 0.5) is 11.4 Å². The van der Waals surface area contributed by atoms with E-state index in [1.807, 2.05) is 24.1 Å². The van der Waals surface area contributed by atoms with E-state index in [9.17, 15) is 8.42 Å². The molecular formula is C14H18N4O2S. The van der Waals surface area contributed by atoms with E-state index in [4.69, 9.17) is 10.9 Å². The molecule has 0 bridgehead atoms. The average Bonchev–Trinajstić information content (AvgIpc) is 2.44. The van der Waals surface area contributed by atoms with Gasteiger partial charge in [-0.1, -0.05) is 0 Å². The summed E-state index contributed by atoms with van der Waals surface area (Å²) in [5.41, 5.74) is 7.94. The fraction of sp³-hybridized carbons (Fsp3) is 0.214. The van der Waals surface area contributed by atoms with Crippen molar-refractivity contribution in [3.8, 4) is 0 Å². The molecule has 0 aliphatic heterocycles. The molecule has 1 aromatic heterocycles. The van der Waals surface area contributed by atoms with Crippen LogP contribution in [0.1, 0.15) is 5.56 Å². The lowest BCUT2D eigenvalue weighted by Gasteiger charge is -2.20. The van der Waals surface area contributed by atoms with Gasteiger partial charge in [-0.3, -0.25) is 4.98 Å². The summed E-state index contributed by atoms with van der Waals surface area (Å²) >= 11 is 0. The molecule has 1 aromatic carbocycles. The number of likely N-dealkylation sites (N-methyl/N-ethyl adjacent to an activating group) is 1. The molecule has 0 atom stereocenters. The largest absolute Gasteiger partial charge is 0.398 e. The van der Waals surface area contributed by atoms with Gasteiger partial charge in [-0.15, -0.1) is 0 Å². The molecule has 0 aliphatic carbocycles. The molecule has 6 nitrogen and oxygen atoms in total. The second-order valence-electron chi connectivity index (χ2n) is 4.79. The van der Waals surface area contributed by atoms with Gasteiger partial charge in [-0.25, -0.2) is 13.6 Å². The molecule has 0 spiro atoms. The Kier molecular flexibility index (Phi) is 4.44. The van der Waals surface area contributed by atoms with Crippen molar-refractivity contribution in [3.05, 3.63) is 48.3 Å². The summed E-state index contributed by atoms with van der Waals surface area (Å²) in [6.45, 7) is 0.776. The van der Waals surface area contributed by atoms with Crippen LogP contribution >= 0.6 is 0 Å². The van der Waals surface area contributed by atoms with Crippen LogP contribution in [-0.2, 0) is 16.4 Å². The fourth-order valence-corrected chi connectivity index (χ4v) is 2.65. The summed E-state index contributed by atoms with van der Waals surface area (Å²) in [4.78, 5) is 5.93. The number of nitrogens with zero attached hydrogens (tertiary/aromatic N) is 2. The Bertz CT molecular complexity index is 717. The lowest BCUT2D eigenvalue weighted by molar-refractivity contribution is 0.598. The smallest absolute Gasteiger partial charge is 0.240 e. The number of hydrogen-bond donors (Lipinski definition) is 2. The molecule has 0 aliphatic rings. The number of nitrogen functional groups attached to an aromatic ring is 1. The maximum absolute atomic E-state index is 11.3. The zero-order valence-electron chi connectivity index (χ0n) is 11.7. The van der Waals surface area contributed by atoms with Crippen LogP contribution in [-0.4, -0.2) is 27.0 Å². The maximum atomic E-state index is 11.3. The molecule has 0 radical (unpaired) electrons. The first kappa shape index (κ1) is 15.3. The van der Waals surface area contributed by atoms with Crippen LogP contribution in [0, 0.1) is 0 Å². The minimum Gasteiger partial charge on any atom is -0.398 e. The number of benzene rings is 1. The van der Waals surface area contributed by atoms with Gasteiger partial charge >= 0.3 is 0 Å². The topological polar surface area (TPSA) is 102 Å². The second-order valence-corrected chi connectivity index (χ2v) is 6.32. The van der Waals surface area contributed by atoms with E-state index in [0.29, 0.717) is 0 Å². The summed E-state index contributed by atoms with van der Waals surface area (Å²) in [6.07, 6.45) is 4.37. The van der Waals surface area contributed by atoms with E-state index in [1.165, 1.54) is 11.6 Å². The number of pyridine rings is 1. The maximum Gasteiger partial charge on any atom is 0.240 e. The minimum absolute atomic E-state index is 0.0474. The van der Waals surface area contributed by atoms with Crippen molar-refractivity contribution in [2.75, 3.05) is 24.2 Å². The first-order valence-electron chi connectivity index (χ1n) is 6.40. The molecule has 2 rings (SSSR count). The van der Waals surface area contributed by atoms with Crippen molar-refractivity contribution in [2.45, 2.75) is 11.3 Å². The molecule has 4 N–H and O–H groups in total. The normalized spacial score (nSPS) is 11.3. The molecule has 0 saturated carbocycles. The highest BCUT2D eigenvalue weighted by molar-refractivity contribution is 7.89. The van der Waals surface area contributed by atoms with Gasteiger partial charge in [0.15, 0.2) is 0 Å². The van der Waals surface area contributed by atoms with Crippen LogP contribution in [0.3, 0.4) is 0 Å². The van der Waals surface area contributed by atoms with Crippen molar-refractivity contribution in [1.82, 2.24) is 4.98 Å². The van der Waals surface area contributed by atoms with E-state index >= 15 is 0 Å². The Balaban J connectivity index is 2.10. The summed E-state index contributed by atoms with van der Waals surface area (Å²) < 4.78 is 22.6.